The van der Waals surface area contributed by atoms with E-state index in [2.05, 4.69) is 36.0 Å². The van der Waals surface area contributed by atoms with Crippen LogP contribution in [-0.2, 0) is 0 Å². The van der Waals surface area contributed by atoms with Crippen molar-refractivity contribution in [3.8, 4) is 0 Å². The smallest absolute Gasteiger partial charge is 0.0893 e. The molecule has 1 aliphatic heterocycles. The minimum Gasteiger partial charge on any atom is -0.359 e. The van der Waals surface area contributed by atoms with Gasteiger partial charge >= 0.3 is 0 Å². The average Bonchev–Trinajstić information content (AvgIpc) is 2.73. The Balaban J connectivity index is 2.00. The number of hydrogen-bond acceptors (Lipinski definition) is 2. The monoisotopic (exact) mass is 224 g/mol. The molecule has 0 N–H and O–H groups in total. The van der Waals surface area contributed by atoms with Crippen molar-refractivity contribution >= 4 is 0 Å². The second-order valence-corrected chi connectivity index (χ2v) is 4.83. The van der Waals surface area contributed by atoms with Crippen molar-refractivity contribution in [2.24, 2.45) is 0 Å². The molecule has 0 radical (unpaired) electrons. The third kappa shape index (κ3) is 5.43. The molecular weight excluding hydrogens is 196 g/mol. The van der Waals surface area contributed by atoms with Gasteiger partial charge in [0.2, 0.25) is 0 Å². The molecule has 0 amide bonds. The highest BCUT2D eigenvalue weighted by molar-refractivity contribution is 4.90. The first-order chi connectivity index (χ1) is 7.86. The van der Waals surface area contributed by atoms with Gasteiger partial charge in [0, 0.05) is 25.5 Å². The van der Waals surface area contributed by atoms with E-state index in [0.717, 1.165) is 6.67 Å². The van der Waals surface area contributed by atoms with Gasteiger partial charge in [-0.15, -0.1) is 0 Å². The average molecular weight is 224 g/mol. The first-order valence-electron chi connectivity index (χ1n) is 7.03. The van der Waals surface area contributed by atoms with Gasteiger partial charge in [0.15, 0.2) is 0 Å². The SMILES string of the molecule is CCCCCCN1C=CN(CCCCC)C1. The predicted molar refractivity (Wildman–Crippen MR) is 71.1 cm³/mol. The summed E-state index contributed by atoms with van der Waals surface area (Å²) in [6.07, 6.45) is 14.0. The van der Waals surface area contributed by atoms with Gasteiger partial charge in [0.25, 0.3) is 0 Å². The van der Waals surface area contributed by atoms with E-state index in [1.165, 1.54) is 58.0 Å². The maximum absolute atomic E-state index is 2.45. The van der Waals surface area contributed by atoms with E-state index in [4.69, 9.17) is 0 Å². The maximum atomic E-state index is 2.45. The van der Waals surface area contributed by atoms with Crippen LogP contribution >= 0.6 is 0 Å². The zero-order valence-electron chi connectivity index (χ0n) is 11.1. The van der Waals surface area contributed by atoms with Crippen LogP contribution in [0, 0.1) is 0 Å². The Hall–Kier alpha value is -0.660. The van der Waals surface area contributed by atoms with Gasteiger partial charge in [-0.05, 0) is 12.8 Å². The molecule has 16 heavy (non-hydrogen) atoms. The maximum Gasteiger partial charge on any atom is 0.0893 e. The highest BCUT2D eigenvalue weighted by Gasteiger charge is 2.10. The summed E-state index contributed by atoms with van der Waals surface area (Å²) in [5.41, 5.74) is 0. The van der Waals surface area contributed by atoms with Crippen LogP contribution in [0.4, 0.5) is 0 Å². The van der Waals surface area contributed by atoms with E-state index in [1.807, 2.05) is 0 Å². The molecule has 94 valence electrons. The topological polar surface area (TPSA) is 6.48 Å². The van der Waals surface area contributed by atoms with Gasteiger partial charge < -0.3 is 9.80 Å². The molecule has 0 aromatic rings. The third-order valence-electron chi connectivity index (χ3n) is 3.20. The Labute approximate surface area is 101 Å². The molecule has 0 spiro atoms. The summed E-state index contributed by atoms with van der Waals surface area (Å²) in [5, 5.41) is 0. The minimum absolute atomic E-state index is 1.12. The molecule has 0 bridgehead atoms. The Bertz CT molecular complexity index is 189. The summed E-state index contributed by atoms with van der Waals surface area (Å²) in [6.45, 7) is 8.12. The zero-order valence-corrected chi connectivity index (χ0v) is 11.1. The molecule has 0 saturated carbocycles. The van der Waals surface area contributed by atoms with E-state index in [-0.39, 0.29) is 0 Å². The van der Waals surface area contributed by atoms with Gasteiger partial charge in [-0.2, -0.15) is 0 Å². The van der Waals surface area contributed by atoms with E-state index in [9.17, 15) is 0 Å². The molecule has 0 fully saturated rings. The fourth-order valence-corrected chi connectivity index (χ4v) is 2.11. The minimum atomic E-state index is 1.12. The van der Waals surface area contributed by atoms with Crippen molar-refractivity contribution in [2.75, 3.05) is 19.8 Å². The molecule has 0 aromatic carbocycles. The molecule has 0 aromatic heterocycles. The van der Waals surface area contributed by atoms with Gasteiger partial charge in [0.1, 0.15) is 0 Å². The van der Waals surface area contributed by atoms with Crippen LogP contribution in [-0.4, -0.2) is 29.6 Å². The Morgan fingerprint density at radius 2 is 1.25 bits per heavy atom. The molecule has 1 aliphatic rings. The molecule has 2 nitrogen and oxygen atoms in total. The second kappa shape index (κ2) is 8.49. The van der Waals surface area contributed by atoms with Crippen molar-refractivity contribution in [1.29, 1.82) is 0 Å². The Morgan fingerprint density at radius 1 is 0.750 bits per heavy atom. The number of rotatable bonds is 9. The predicted octanol–water partition coefficient (Wildman–Crippen LogP) is 3.80. The lowest BCUT2D eigenvalue weighted by Gasteiger charge is -2.21. The molecule has 0 atom stereocenters. The molecule has 1 heterocycles. The van der Waals surface area contributed by atoms with Crippen LogP contribution in [0.2, 0.25) is 0 Å². The first kappa shape index (κ1) is 13.4. The normalized spacial score (nSPS) is 15.1. The van der Waals surface area contributed by atoms with Gasteiger partial charge in [-0.25, -0.2) is 0 Å². The molecule has 0 saturated heterocycles. The largest absolute Gasteiger partial charge is 0.359 e. The summed E-state index contributed by atoms with van der Waals surface area (Å²) < 4.78 is 0. The summed E-state index contributed by atoms with van der Waals surface area (Å²) in [4.78, 5) is 4.89. The van der Waals surface area contributed by atoms with Crippen LogP contribution in [0.15, 0.2) is 12.4 Å². The standard InChI is InChI=1S/C14H28N2/c1-3-5-7-9-11-16-13-12-15(14-16)10-8-6-4-2/h12-13H,3-11,14H2,1-2H3. The van der Waals surface area contributed by atoms with E-state index >= 15 is 0 Å². The molecule has 0 aliphatic carbocycles. The van der Waals surface area contributed by atoms with Crippen LogP contribution in [0.3, 0.4) is 0 Å². The van der Waals surface area contributed by atoms with Crippen LogP contribution < -0.4 is 0 Å². The van der Waals surface area contributed by atoms with Crippen LogP contribution in [0.5, 0.6) is 0 Å². The van der Waals surface area contributed by atoms with E-state index < -0.39 is 0 Å². The van der Waals surface area contributed by atoms with E-state index in [0.29, 0.717) is 0 Å². The van der Waals surface area contributed by atoms with Gasteiger partial charge in [0.05, 0.1) is 6.67 Å². The van der Waals surface area contributed by atoms with Crippen molar-refractivity contribution in [2.45, 2.75) is 58.8 Å². The highest BCUT2D eigenvalue weighted by Crippen LogP contribution is 2.10. The first-order valence-corrected chi connectivity index (χ1v) is 7.03. The summed E-state index contributed by atoms with van der Waals surface area (Å²) in [7, 11) is 0. The summed E-state index contributed by atoms with van der Waals surface area (Å²) >= 11 is 0. The highest BCUT2D eigenvalue weighted by atomic mass is 15.3. The lowest BCUT2D eigenvalue weighted by atomic mass is 10.2. The Kier molecular flexibility index (Phi) is 7.11. The van der Waals surface area contributed by atoms with Crippen molar-refractivity contribution in [3.05, 3.63) is 12.4 Å². The molecule has 1 rings (SSSR count). The number of hydrogen-bond donors (Lipinski definition) is 0. The van der Waals surface area contributed by atoms with Gasteiger partial charge in [-0.1, -0.05) is 46.0 Å². The zero-order chi connectivity index (χ0) is 11.6. The lowest BCUT2D eigenvalue weighted by Crippen LogP contribution is -2.26. The van der Waals surface area contributed by atoms with E-state index in [1.54, 1.807) is 0 Å². The Morgan fingerprint density at radius 3 is 1.81 bits per heavy atom. The van der Waals surface area contributed by atoms with Crippen molar-refractivity contribution in [1.82, 2.24) is 9.80 Å². The summed E-state index contributed by atoms with van der Waals surface area (Å²) in [6, 6.07) is 0. The lowest BCUT2D eigenvalue weighted by molar-refractivity contribution is 0.257. The van der Waals surface area contributed by atoms with Gasteiger partial charge in [-0.3, -0.25) is 0 Å². The molecule has 2 heteroatoms. The quantitative estimate of drug-likeness (QED) is 0.550. The fourth-order valence-electron chi connectivity index (χ4n) is 2.11. The third-order valence-corrected chi connectivity index (χ3v) is 3.20. The number of unbranched alkanes of at least 4 members (excludes halogenated alkanes) is 5. The molecular formula is C14H28N2. The molecule has 0 unspecified atom stereocenters. The summed E-state index contributed by atoms with van der Waals surface area (Å²) in [5.74, 6) is 0. The number of nitrogens with zero attached hydrogens (tertiary/aromatic N) is 2. The van der Waals surface area contributed by atoms with Crippen LogP contribution in [0.1, 0.15) is 58.8 Å². The van der Waals surface area contributed by atoms with Crippen molar-refractivity contribution in [3.63, 3.8) is 0 Å². The fraction of sp³-hybridized carbons (Fsp3) is 0.857. The van der Waals surface area contributed by atoms with Crippen molar-refractivity contribution < 1.29 is 0 Å². The second-order valence-electron chi connectivity index (χ2n) is 4.83. The van der Waals surface area contributed by atoms with Crippen LogP contribution in [0.25, 0.3) is 0 Å².